The summed E-state index contributed by atoms with van der Waals surface area (Å²) in [7, 11) is 0. The second kappa shape index (κ2) is 8.14. The van der Waals surface area contributed by atoms with Crippen molar-refractivity contribution in [2.24, 2.45) is 5.92 Å². The first-order valence-electron chi connectivity index (χ1n) is 5.91. The smallest absolute Gasteiger partial charge is 0.302 e. The summed E-state index contributed by atoms with van der Waals surface area (Å²) in [6.07, 6.45) is 6.17. The molecular weight excluding hydrogens is 200 g/mol. The fraction of sp³-hybridized carbons (Fsp3) is 0.643. The van der Waals surface area contributed by atoms with E-state index < -0.39 is 0 Å². The molecule has 0 saturated carbocycles. The van der Waals surface area contributed by atoms with E-state index in [9.17, 15) is 4.79 Å². The first kappa shape index (κ1) is 14.9. The van der Waals surface area contributed by atoms with E-state index >= 15 is 0 Å². The molecule has 2 heteroatoms. The Kier molecular flexibility index (Phi) is 7.61. The van der Waals surface area contributed by atoms with Gasteiger partial charge in [0.1, 0.15) is 0 Å². The normalized spacial score (nSPS) is 19.0. The summed E-state index contributed by atoms with van der Waals surface area (Å²) in [5.74, 6) is 0.557. The van der Waals surface area contributed by atoms with Gasteiger partial charge in [-0.25, -0.2) is 0 Å². The van der Waals surface area contributed by atoms with Crippen molar-refractivity contribution >= 4 is 5.97 Å². The topological polar surface area (TPSA) is 26.3 Å². The van der Waals surface area contributed by atoms with Crippen LogP contribution in [0.4, 0.5) is 0 Å². The van der Waals surface area contributed by atoms with Gasteiger partial charge >= 0.3 is 5.97 Å². The molecule has 2 nitrogen and oxygen atoms in total. The van der Waals surface area contributed by atoms with Crippen molar-refractivity contribution in [1.82, 2.24) is 0 Å². The van der Waals surface area contributed by atoms with E-state index in [0.29, 0.717) is 6.61 Å². The van der Waals surface area contributed by atoms with Crippen LogP contribution in [0.2, 0.25) is 0 Å². The van der Waals surface area contributed by atoms with Crippen molar-refractivity contribution in [3.8, 4) is 0 Å². The largest absolute Gasteiger partial charge is 0.466 e. The van der Waals surface area contributed by atoms with Crippen molar-refractivity contribution in [3.63, 3.8) is 0 Å². The van der Waals surface area contributed by atoms with Crippen LogP contribution in [-0.4, -0.2) is 12.6 Å². The average Bonchev–Trinajstić information content (AvgIpc) is 2.19. The first-order chi connectivity index (χ1) is 7.47. The lowest BCUT2D eigenvalue weighted by Gasteiger charge is -2.19. The lowest BCUT2D eigenvalue weighted by Crippen LogP contribution is -2.04. The highest BCUT2D eigenvalue weighted by molar-refractivity contribution is 5.65. The molecule has 1 rings (SSSR count). The summed E-state index contributed by atoms with van der Waals surface area (Å²) >= 11 is 0. The minimum atomic E-state index is -0.211. The van der Waals surface area contributed by atoms with Crippen molar-refractivity contribution in [1.29, 1.82) is 0 Å². The Labute approximate surface area is 99.4 Å². The third kappa shape index (κ3) is 7.27. The minimum absolute atomic E-state index is 0.211. The Morgan fingerprint density at radius 2 is 2.19 bits per heavy atom. The zero-order valence-electron chi connectivity index (χ0n) is 11.0. The fourth-order valence-corrected chi connectivity index (χ4v) is 1.62. The van der Waals surface area contributed by atoms with Gasteiger partial charge in [0.05, 0.1) is 6.61 Å². The molecule has 1 aliphatic rings. The van der Waals surface area contributed by atoms with Crippen molar-refractivity contribution in [3.05, 3.63) is 23.8 Å². The highest BCUT2D eigenvalue weighted by atomic mass is 16.5. The lowest BCUT2D eigenvalue weighted by molar-refractivity contribution is -0.140. The summed E-state index contributed by atoms with van der Waals surface area (Å²) in [6, 6.07) is 0. The molecule has 0 amide bonds. The quantitative estimate of drug-likeness (QED) is 0.525. The molecule has 1 atom stereocenters. The van der Waals surface area contributed by atoms with Gasteiger partial charge in [0, 0.05) is 6.92 Å². The van der Waals surface area contributed by atoms with Gasteiger partial charge in [-0.3, -0.25) is 4.79 Å². The van der Waals surface area contributed by atoms with E-state index in [1.54, 1.807) is 12.5 Å². The number of ether oxygens (including phenoxy) is 1. The molecule has 16 heavy (non-hydrogen) atoms. The van der Waals surface area contributed by atoms with Crippen LogP contribution < -0.4 is 0 Å². The van der Waals surface area contributed by atoms with Gasteiger partial charge in [0.2, 0.25) is 0 Å². The van der Waals surface area contributed by atoms with Crippen LogP contribution >= 0.6 is 0 Å². The SMILES string of the molecule is C=C(C)[C@H]1CC=C(C)CC1.CCOC(C)=O. The maximum absolute atomic E-state index is 9.82. The molecule has 0 aromatic carbocycles. The van der Waals surface area contributed by atoms with Crippen LogP contribution in [0.15, 0.2) is 23.8 Å². The molecule has 1 aliphatic carbocycles. The molecule has 0 bridgehead atoms. The standard InChI is InChI=1S/C10H16.C4H8O2/c1-8(2)10-6-4-9(3)5-7-10;1-3-6-4(2)5/h4,10H,1,5-7H2,2-3H3;3H2,1-2H3/t10-;/m0./s1. The number of carbonyl (C=O) groups is 1. The van der Waals surface area contributed by atoms with Crippen molar-refractivity contribution in [2.45, 2.75) is 47.0 Å². The lowest BCUT2D eigenvalue weighted by atomic mass is 9.86. The van der Waals surface area contributed by atoms with E-state index in [-0.39, 0.29) is 5.97 Å². The predicted octanol–water partition coefficient (Wildman–Crippen LogP) is 3.88. The van der Waals surface area contributed by atoms with Crippen LogP contribution in [0.5, 0.6) is 0 Å². The van der Waals surface area contributed by atoms with E-state index in [1.807, 2.05) is 0 Å². The Hall–Kier alpha value is -1.05. The molecule has 92 valence electrons. The van der Waals surface area contributed by atoms with Crippen LogP contribution in [-0.2, 0) is 9.53 Å². The van der Waals surface area contributed by atoms with E-state index in [4.69, 9.17) is 0 Å². The predicted molar refractivity (Wildman–Crippen MR) is 68.2 cm³/mol. The van der Waals surface area contributed by atoms with Gasteiger partial charge in [-0.15, -0.1) is 0 Å². The zero-order chi connectivity index (χ0) is 12.6. The molecule has 0 spiro atoms. The third-order valence-corrected chi connectivity index (χ3v) is 2.68. The van der Waals surface area contributed by atoms with E-state index in [1.165, 1.54) is 31.8 Å². The molecule has 0 fully saturated rings. The number of rotatable bonds is 2. The molecule has 0 heterocycles. The van der Waals surface area contributed by atoms with Crippen LogP contribution in [0, 0.1) is 5.92 Å². The van der Waals surface area contributed by atoms with Gasteiger partial charge in [0.15, 0.2) is 0 Å². The maximum Gasteiger partial charge on any atom is 0.302 e. The van der Waals surface area contributed by atoms with Crippen LogP contribution in [0.25, 0.3) is 0 Å². The number of allylic oxidation sites excluding steroid dienone is 3. The van der Waals surface area contributed by atoms with E-state index in [0.717, 1.165) is 5.92 Å². The molecule has 0 N–H and O–H groups in total. The Morgan fingerprint density at radius 1 is 1.56 bits per heavy atom. The number of esters is 1. The fourth-order valence-electron chi connectivity index (χ4n) is 1.62. The monoisotopic (exact) mass is 224 g/mol. The molecular formula is C14H24O2. The van der Waals surface area contributed by atoms with E-state index in [2.05, 4.69) is 31.2 Å². The molecule has 0 saturated heterocycles. The Morgan fingerprint density at radius 3 is 2.44 bits per heavy atom. The highest BCUT2D eigenvalue weighted by Crippen LogP contribution is 2.27. The highest BCUT2D eigenvalue weighted by Gasteiger charge is 2.11. The molecule has 0 aromatic rings. The second-order valence-corrected chi connectivity index (χ2v) is 4.29. The molecule has 0 radical (unpaired) electrons. The molecule has 0 aliphatic heterocycles. The molecule has 0 unspecified atom stereocenters. The summed E-state index contributed by atoms with van der Waals surface area (Å²) in [5.41, 5.74) is 2.90. The maximum atomic E-state index is 9.82. The van der Waals surface area contributed by atoms with Gasteiger partial charge < -0.3 is 4.74 Å². The summed E-state index contributed by atoms with van der Waals surface area (Å²) in [6.45, 7) is 12.0. The number of hydrogen-bond donors (Lipinski definition) is 0. The molecule has 0 aromatic heterocycles. The summed E-state index contributed by atoms with van der Waals surface area (Å²) in [4.78, 5) is 9.82. The second-order valence-electron chi connectivity index (χ2n) is 4.29. The Bertz CT molecular complexity index is 264. The number of hydrogen-bond acceptors (Lipinski definition) is 2. The van der Waals surface area contributed by atoms with Crippen LogP contribution in [0.1, 0.15) is 47.0 Å². The first-order valence-corrected chi connectivity index (χ1v) is 5.91. The van der Waals surface area contributed by atoms with Gasteiger partial charge in [-0.1, -0.05) is 23.8 Å². The summed E-state index contributed by atoms with van der Waals surface area (Å²) < 4.78 is 4.40. The third-order valence-electron chi connectivity index (χ3n) is 2.68. The number of carbonyl (C=O) groups excluding carboxylic acids is 1. The Balaban J connectivity index is 0.000000325. The van der Waals surface area contributed by atoms with Gasteiger partial charge in [0.25, 0.3) is 0 Å². The van der Waals surface area contributed by atoms with Gasteiger partial charge in [-0.2, -0.15) is 0 Å². The van der Waals surface area contributed by atoms with Crippen molar-refractivity contribution < 1.29 is 9.53 Å². The van der Waals surface area contributed by atoms with Crippen LogP contribution in [0.3, 0.4) is 0 Å². The minimum Gasteiger partial charge on any atom is -0.466 e. The van der Waals surface area contributed by atoms with Crippen molar-refractivity contribution in [2.75, 3.05) is 6.61 Å². The average molecular weight is 224 g/mol. The summed E-state index contributed by atoms with van der Waals surface area (Å²) in [5, 5.41) is 0. The van der Waals surface area contributed by atoms with Gasteiger partial charge in [-0.05, 0) is 46.0 Å². The zero-order valence-corrected chi connectivity index (χ0v) is 11.0.